The van der Waals surface area contributed by atoms with E-state index >= 15 is 0 Å². The summed E-state index contributed by atoms with van der Waals surface area (Å²) < 4.78 is 13.4. The van der Waals surface area contributed by atoms with E-state index in [-0.39, 0.29) is 30.2 Å². The van der Waals surface area contributed by atoms with Crippen LogP contribution in [0.15, 0.2) is 48.5 Å². The molecule has 3 nitrogen and oxygen atoms in total. The topological polar surface area (TPSA) is 32.3 Å². The number of hydrogen-bond acceptors (Lipinski definition) is 2. The summed E-state index contributed by atoms with van der Waals surface area (Å²) >= 11 is 6.03. The molecular weight excluding hydrogens is 398 g/mol. The number of halogens is 3. The highest BCUT2D eigenvalue weighted by Crippen LogP contribution is 2.30. The molecule has 0 aliphatic carbocycles. The minimum Gasteiger partial charge on any atom is -0.335 e. The molecule has 0 saturated carbocycles. The number of amides is 1. The molecule has 152 valence electrons. The first-order valence-electron chi connectivity index (χ1n) is 9.52. The van der Waals surface area contributed by atoms with E-state index in [0.29, 0.717) is 17.4 Å². The Morgan fingerprint density at radius 2 is 1.64 bits per heavy atom. The molecule has 1 fully saturated rings. The van der Waals surface area contributed by atoms with Gasteiger partial charge in [0, 0.05) is 18.5 Å². The summed E-state index contributed by atoms with van der Waals surface area (Å²) in [6.45, 7) is 2.08. The van der Waals surface area contributed by atoms with Gasteiger partial charge in [0.2, 0.25) is 5.91 Å². The van der Waals surface area contributed by atoms with E-state index in [4.69, 9.17) is 11.6 Å². The van der Waals surface area contributed by atoms with E-state index in [0.717, 1.165) is 43.5 Å². The molecule has 2 aromatic rings. The SMILES string of the molecule is CN(C(=O)CCC1CCNCC1)C(c1ccc(F)cc1)c1ccc(Cl)cc1.Cl. The third-order valence-electron chi connectivity index (χ3n) is 5.38. The zero-order valence-electron chi connectivity index (χ0n) is 16.0. The van der Waals surface area contributed by atoms with Gasteiger partial charge >= 0.3 is 0 Å². The van der Waals surface area contributed by atoms with Crippen molar-refractivity contribution >= 4 is 29.9 Å². The van der Waals surface area contributed by atoms with Crippen LogP contribution in [0.2, 0.25) is 5.02 Å². The predicted octanol–water partition coefficient (Wildman–Crippen LogP) is 5.23. The Labute approximate surface area is 177 Å². The molecule has 1 saturated heterocycles. The molecule has 0 spiro atoms. The highest BCUT2D eigenvalue weighted by Gasteiger charge is 2.24. The van der Waals surface area contributed by atoms with Gasteiger partial charge in [-0.2, -0.15) is 0 Å². The molecule has 3 rings (SSSR count). The first-order valence-corrected chi connectivity index (χ1v) is 9.89. The van der Waals surface area contributed by atoms with Crippen LogP contribution in [0.4, 0.5) is 4.39 Å². The molecule has 0 radical (unpaired) electrons. The Hall–Kier alpha value is -1.62. The van der Waals surface area contributed by atoms with E-state index in [2.05, 4.69) is 5.32 Å². The van der Waals surface area contributed by atoms with Crippen molar-refractivity contribution in [3.05, 3.63) is 70.5 Å². The highest BCUT2D eigenvalue weighted by molar-refractivity contribution is 6.30. The second kappa shape index (κ2) is 10.8. The maximum Gasteiger partial charge on any atom is 0.223 e. The van der Waals surface area contributed by atoms with Gasteiger partial charge in [0.05, 0.1) is 6.04 Å². The van der Waals surface area contributed by atoms with E-state index in [1.807, 2.05) is 31.3 Å². The lowest BCUT2D eigenvalue weighted by atomic mass is 9.92. The molecular formula is C22H27Cl2FN2O. The molecule has 1 unspecified atom stereocenters. The summed E-state index contributed by atoms with van der Waals surface area (Å²) in [5.41, 5.74) is 1.85. The van der Waals surface area contributed by atoms with Crippen molar-refractivity contribution in [3.8, 4) is 0 Å². The van der Waals surface area contributed by atoms with Gasteiger partial charge in [-0.05, 0) is 73.7 Å². The van der Waals surface area contributed by atoms with Gasteiger partial charge in [-0.1, -0.05) is 35.9 Å². The van der Waals surface area contributed by atoms with Gasteiger partial charge in [0.25, 0.3) is 0 Å². The molecule has 1 amide bonds. The number of carbonyl (C=O) groups excluding carboxylic acids is 1. The normalized spacial score (nSPS) is 15.5. The quantitative estimate of drug-likeness (QED) is 0.688. The largest absolute Gasteiger partial charge is 0.335 e. The number of piperidine rings is 1. The van der Waals surface area contributed by atoms with Crippen LogP contribution in [0.25, 0.3) is 0 Å². The number of carbonyl (C=O) groups is 1. The molecule has 1 aliphatic rings. The fourth-order valence-corrected chi connectivity index (χ4v) is 3.87. The molecule has 0 aromatic heterocycles. The van der Waals surface area contributed by atoms with E-state index in [9.17, 15) is 9.18 Å². The lowest BCUT2D eigenvalue weighted by Crippen LogP contribution is -2.33. The average molecular weight is 425 g/mol. The van der Waals surface area contributed by atoms with Crippen molar-refractivity contribution in [1.82, 2.24) is 10.2 Å². The summed E-state index contributed by atoms with van der Waals surface area (Å²) in [6.07, 6.45) is 3.72. The van der Waals surface area contributed by atoms with Gasteiger partial charge in [-0.25, -0.2) is 4.39 Å². The molecule has 2 aromatic carbocycles. The Morgan fingerprint density at radius 3 is 2.21 bits per heavy atom. The maximum atomic E-state index is 13.4. The molecule has 28 heavy (non-hydrogen) atoms. The van der Waals surface area contributed by atoms with Crippen LogP contribution in [0, 0.1) is 11.7 Å². The summed E-state index contributed by atoms with van der Waals surface area (Å²) in [6, 6.07) is 13.6. The summed E-state index contributed by atoms with van der Waals surface area (Å²) in [7, 11) is 1.83. The first-order chi connectivity index (χ1) is 13.0. The van der Waals surface area contributed by atoms with Crippen LogP contribution in [-0.4, -0.2) is 30.9 Å². The lowest BCUT2D eigenvalue weighted by Gasteiger charge is -2.30. The first kappa shape index (κ1) is 22.7. The Bertz CT molecular complexity index is 701. The fourth-order valence-electron chi connectivity index (χ4n) is 3.75. The smallest absolute Gasteiger partial charge is 0.223 e. The van der Waals surface area contributed by atoms with Crippen LogP contribution in [0.3, 0.4) is 0 Å². The van der Waals surface area contributed by atoms with Crippen molar-refractivity contribution < 1.29 is 9.18 Å². The third-order valence-corrected chi connectivity index (χ3v) is 5.63. The van der Waals surface area contributed by atoms with Crippen LogP contribution >= 0.6 is 24.0 Å². The van der Waals surface area contributed by atoms with Gasteiger partial charge in [-0.15, -0.1) is 12.4 Å². The highest BCUT2D eigenvalue weighted by atomic mass is 35.5. The average Bonchev–Trinajstić information content (AvgIpc) is 2.70. The second-order valence-corrected chi connectivity index (χ2v) is 7.68. The monoisotopic (exact) mass is 424 g/mol. The summed E-state index contributed by atoms with van der Waals surface area (Å²) in [5, 5.41) is 4.01. The minimum atomic E-state index is -0.284. The number of rotatable bonds is 6. The lowest BCUT2D eigenvalue weighted by molar-refractivity contribution is -0.131. The standard InChI is InChI=1S/C22H26ClFN2O.ClH/c1-26(21(27)11-2-16-12-14-25-15-13-16)22(17-3-7-19(23)8-4-17)18-5-9-20(24)10-6-18;/h3-10,16,22,25H,2,11-15H2,1H3;1H. The van der Waals surface area contributed by atoms with E-state index in [1.54, 1.807) is 17.0 Å². The zero-order chi connectivity index (χ0) is 19.2. The van der Waals surface area contributed by atoms with Crippen LogP contribution < -0.4 is 5.32 Å². The minimum absolute atomic E-state index is 0. The Balaban J connectivity index is 0.00000280. The summed E-state index contributed by atoms with van der Waals surface area (Å²) in [4.78, 5) is 14.7. The Kier molecular flexibility index (Phi) is 8.74. The van der Waals surface area contributed by atoms with Gasteiger partial charge < -0.3 is 10.2 Å². The second-order valence-electron chi connectivity index (χ2n) is 7.24. The molecule has 1 aliphatic heterocycles. The number of nitrogens with zero attached hydrogens (tertiary/aromatic N) is 1. The fraction of sp³-hybridized carbons (Fsp3) is 0.409. The molecule has 1 heterocycles. The molecule has 1 N–H and O–H groups in total. The number of benzene rings is 2. The van der Waals surface area contributed by atoms with Gasteiger partial charge in [0.1, 0.15) is 5.82 Å². The third kappa shape index (κ3) is 5.94. The van der Waals surface area contributed by atoms with Crippen LogP contribution in [0.5, 0.6) is 0 Å². The molecule has 1 atom stereocenters. The van der Waals surface area contributed by atoms with Crippen molar-refractivity contribution in [2.45, 2.75) is 31.7 Å². The van der Waals surface area contributed by atoms with Gasteiger partial charge in [0.15, 0.2) is 0 Å². The van der Waals surface area contributed by atoms with Crippen LogP contribution in [0.1, 0.15) is 42.9 Å². The van der Waals surface area contributed by atoms with Crippen molar-refractivity contribution in [3.63, 3.8) is 0 Å². The van der Waals surface area contributed by atoms with Gasteiger partial charge in [-0.3, -0.25) is 4.79 Å². The molecule has 6 heteroatoms. The predicted molar refractivity (Wildman–Crippen MR) is 115 cm³/mol. The van der Waals surface area contributed by atoms with E-state index in [1.165, 1.54) is 12.1 Å². The molecule has 0 bridgehead atoms. The van der Waals surface area contributed by atoms with Crippen LogP contribution in [-0.2, 0) is 4.79 Å². The number of nitrogens with one attached hydrogen (secondary N) is 1. The zero-order valence-corrected chi connectivity index (χ0v) is 17.6. The summed E-state index contributed by atoms with van der Waals surface area (Å²) in [5.74, 6) is 0.440. The van der Waals surface area contributed by atoms with Crippen molar-refractivity contribution in [2.75, 3.05) is 20.1 Å². The van der Waals surface area contributed by atoms with Crippen molar-refractivity contribution in [1.29, 1.82) is 0 Å². The van der Waals surface area contributed by atoms with E-state index < -0.39 is 0 Å². The number of hydrogen-bond donors (Lipinski definition) is 1. The maximum absolute atomic E-state index is 13.4. The Morgan fingerprint density at radius 1 is 1.11 bits per heavy atom. The van der Waals surface area contributed by atoms with Crippen molar-refractivity contribution in [2.24, 2.45) is 5.92 Å².